The van der Waals surface area contributed by atoms with Gasteiger partial charge in [-0.3, -0.25) is 14.5 Å². The van der Waals surface area contributed by atoms with Gasteiger partial charge in [-0.2, -0.15) is 0 Å². The lowest BCUT2D eigenvalue weighted by Crippen LogP contribution is -2.32. The Morgan fingerprint density at radius 2 is 2.03 bits per heavy atom. The summed E-state index contributed by atoms with van der Waals surface area (Å²) >= 11 is 7.87. The molecule has 1 saturated heterocycles. The van der Waals surface area contributed by atoms with Crippen molar-refractivity contribution in [3.8, 4) is 11.1 Å². The molecule has 152 valence electrons. The zero-order valence-corrected chi connectivity index (χ0v) is 17.4. The van der Waals surface area contributed by atoms with Crippen LogP contribution in [0.15, 0.2) is 34.6 Å². The highest BCUT2D eigenvalue weighted by molar-refractivity contribution is 8.26. The Hall–Kier alpha value is -2.14. The van der Waals surface area contributed by atoms with Crippen molar-refractivity contribution in [3.05, 3.63) is 51.1 Å². The van der Waals surface area contributed by atoms with E-state index in [2.05, 4.69) is 5.32 Å². The summed E-state index contributed by atoms with van der Waals surface area (Å²) in [5.41, 5.74) is 1.29. The third-order valence-corrected chi connectivity index (χ3v) is 6.29. The van der Waals surface area contributed by atoms with Crippen molar-refractivity contribution in [2.45, 2.75) is 6.42 Å². The molecule has 0 aliphatic carbocycles. The molecule has 1 aliphatic heterocycles. The number of nitrogens with one attached hydrogen (secondary N) is 1. The van der Waals surface area contributed by atoms with Crippen LogP contribution >= 0.6 is 35.3 Å². The summed E-state index contributed by atoms with van der Waals surface area (Å²) in [6, 6.07) is 5.53. The molecule has 10 heteroatoms. The Kier molecular flexibility index (Phi) is 7.12. The molecule has 29 heavy (non-hydrogen) atoms. The lowest BCUT2D eigenvalue weighted by atomic mass is 10.1. The molecule has 2 N–H and O–H groups in total. The fraction of sp³-hybridized carbons (Fsp3) is 0.211. The van der Waals surface area contributed by atoms with E-state index in [-0.39, 0.29) is 12.5 Å². The van der Waals surface area contributed by atoms with Crippen LogP contribution in [0.25, 0.3) is 17.2 Å². The minimum Gasteiger partial charge on any atom is -0.480 e. The van der Waals surface area contributed by atoms with Crippen LogP contribution in [0, 0.1) is 11.6 Å². The second kappa shape index (κ2) is 9.57. The minimum absolute atomic E-state index is 0.128. The summed E-state index contributed by atoms with van der Waals surface area (Å²) in [5, 5.41) is 13.2. The number of halogens is 2. The summed E-state index contributed by atoms with van der Waals surface area (Å²) in [6.07, 6.45) is 2.31. The van der Waals surface area contributed by atoms with Gasteiger partial charge in [0.25, 0.3) is 5.91 Å². The highest BCUT2D eigenvalue weighted by atomic mass is 32.2. The third-order valence-electron chi connectivity index (χ3n) is 4.03. The van der Waals surface area contributed by atoms with Gasteiger partial charge < -0.3 is 10.4 Å². The quantitative estimate of drug-likeness (QED) is 0.358. The van der Waals surface area contributed by atoms with Gasteiger partial charge in [0.05, 0.1) is 11.4 Å². The summed E-state index contributed by atoms with van der Waals surface area (Å²) < 4.78 is 27.0. The van der Waals surface area contributed by atoms with Crippen LogP contribution in [0.4, 0.5) is 8.78 Å². The van der Waals surface area contributed by atoms with E-state index in [0.29, 0.717) is 34.3 Å². The molecule has 0 unspecified atom stereocenters. The molecule has 1 aromatic heterocycles. The molecular weight excluding hydrogens is 438 g/mol. The number of carbonyl (C=O) groups excluding carboxylic acids is 1. The first-order valence-corrected chi connectivity index (χ1v) is 10.7. The van der Waals surface area contributed by atoms with Crippen molar-refractivity contribution in [1.29, 1.82) is 0 Å². The third kappa shape index (κ3) is 5.47. The SMILES string of the molecule is O=C(O)CNCCCN1C(=O)C(=Cc2cc(-c3ccc(F)c(F)c3)cs2)SC1=S. The molecule has 5 nitrogen and oxygen atoms in total. The van der Waals surface area contributed by atoms with Crippen molar-refractivity contribution in [2.24, 2.45) is 0 Å². The van der Waals surface area contributed by atoms with Crippen molar-refractivity contribution in [1.82, 2.24) is 10.2 Å². The molecule has 3 rings (SSSR count). The molecule has 0 radical (unpaired) electrons. The number of amides is 1. The van der Waals surface area contributed by atoms with Gasteiger partial charge in [-0.1, -0.05) is 30.0 Å². The van der Waals surface area contributed by atoms with E-state index < -0.39 is 17.6 Å². The van der Waals surface area contributed by atoms with E-state index >= 15 is 0 Å². The number of nitrogens with zero attached hydrogens (tertiary/aromatic N) is 1. The smallest absolute Gasteiger partial charge is 0.317 e. The van der Waals surface area contributed by atoms with Crippen LogP contribution < -0.4 is 5.32 Å². The summed E-state index contributed by atoms with van der Waals surface area (Å²) in [7, 11) is 0. The second-order valence-corrected chi connectivity index (χ2v) is 8.74. The van der Waals surface area contributed by atoms with Crippen LogP contribution in [0.1, 0.15) is 11.3 Å². The monoisotopic (exact) mass is 454 g/mol. The number of aliphatic carboxylic acids is 1. The largest absolute Gasteiger partial charge is 0.480 e. The Labute approximate surface area is 179 Å². The standard InChI is InChI=1S/C19H16F2N2O3S3/c20-14-3-2-11(7-15(14)21)12-6-13(28-10-12)8-16-18(26)23(19(27)29-16)5-1-4-22-9-17(24)25/h2-3,6-8,10,22H,1,4-5,9H2,(H,24,25). The van der Waals surface area contributed by atoms with Crippen molar-refractivity contribution >= 4 is 57.6 Å². The number of rotatable bonds is 8. The van der Waals surface area contributed by atoms with Gasteiger partial charge in [-0.05, 0) is 53.7 Å². The molecule has 2 heterocycles. The Morgan fingerprint density at radius 3 is 2.76 bits per heavy atom. The van der Waals surface area contributed by atoms with Gasteiger partial charge in [0.1, 0.15) is 4.32 Å². The van der Waals surface area contributed by atoms with Crippen LogP contribution in [-0.4, -0.2) is 45.8 Å². The normalized spacial score (nSPS) is 15.5. The van der Waals surface area contributed by atoms with E-state index in [1.807, 2.05) is 5.38 Å². The minimum atomic E-state index is -0.933. The molecule has 1 amide bonds. The summed E-state index contributed by atoms with van der Waals surface area (Å²) in [6.45, 7) is 0.737. The van der Waals surface area contributed by atoms with Gasteiger partial charge in [-0.25, -0.2) is 8.78 Å². The molecule has 0 spiro atoms. The fourth-order valence-electron chi connectivity index (χ4n) is 2.64. The average molecular weight is 455 g/mol. The maximum Gasteiger partial charge on any atom is 0.317 e. The predicted octanol–water partition coefficient (Wildman–Crippen LogP) is 3.96. The van der Waals surface area contributed by atoms with Crippen LogP contribution in [-0.2, 0) is 9.59 Å². The van der Waals surface area contributed by atoms with E-state index in [0.717, 1.165) is 22.6 Å². The highest BCUT2D eigenvalue weighted by Gasteiger charge is 2.31. The lowest BCUT2D eigenvalue weighted by Gasteiger charge is -2.14. The van der Waals surface area contributed by atoms with Crippen molar-refractivity contribution < 1.29 is 23.5 Å². The second-order valence-electron chi connectivity index (χ2n) is 6.12. The van der Waals surface area contributed by atoms with E-state index in [1.54, 1.807) is 12.1 Å². The summed E-state index contributed by atoms with van der Waals surface area (Å²) in [5.74, 6) is -2.93. The van der Waals surface area contributed by atoms with E-state index in [9.17, 15) is 18.4 Å². The van der Waals surface area contributed by atoms with Crippen LogP contribution in [0.5, 0.6) is 0 Å². The summed E-state index contributed by atoms with van der Waals surface area (Å²) in [4.78, 5) is 25.9. The maximum absolute atomic E-state index is 13.4. The number of thioether (sulfide) groups is 1. The number of hydrogen-bond acceptors (Lipinski definition) is 6. The lowest BCUT2D eigenvalue weighted by molar-refractivity contribution is -0.136. The molecule has 2 aromatic rings. The van der Waals surface area contributed by atoms with E-state index in [1.165, 1.54) is 34.1 Å². The van der Waals surface area contributed by atoms with Crippen LogP contribution in [0.2, 0.25) is 0 Å². The van der Waals surface area contributed by atoms with Crippen LogP contribution in [0.3, 0.4) is 0 Å². The number of carbonyl (C=O) groups is 2. The molecule has 0 bridgehead atoms. The number of thiophene rings is 1. The molecule has 1 aliphatic rings. The Balaban J connectivity index is 1.64. The van der Waals surface area contributed by atoms with Gasteiger partial charge in [-0.15, -0.1) is 11.3 Å². The Bertz CT molecular complexity index is 991. The van der Waals surface area contributed by atoms with E-state index in [4.69, 9.17) is 17.3 Å². The van der Waals surface area contributed by atoms with Gasteiger partial charge in [0.2, 0.25) is 0 Å². The predicted molar refractivity (Wildman–Crippen MR) is 115 cm³/mol. The average Bonchev–Trinajstić information content (AvgIpc) is 3.23. The molecule has 1 fully saturated rings. The van der Waals surface area contributed by atoms with Crippen molar-refractivity contribution in [2.75, 3.05) is 19.6 Å². The highest BCUT2D eigenvalue weighted by Crippen LogP contribution is 2.35. The topological polar surface area (TPSA) is 69.6 Å². The molecular formula is C19H16F2N2O3S3. The number of carboxylic acid groups (broad SMARTS) is 1. The first-order valence-electron chi connectivity index (χ1n) is 8.57. The zero-order valence-electron chi connectivity index (χ0n) is 15.0. The number of hydrogen-bond donors (Lipinski definition) is 2. The van der Waals surface area contributed by atoms with Gasteiger partial charge in [0, 0.05) is 11.4 Å². The Morgan fingerprint density at radius 1 is 1.24 bits per heavy atom. The van der Waals surface area contributed by atoms with Crippen molar-refractivity contribution in [3.63, 3.8) is 0 Å². The van der Waals surface area contributed by atoms with Gasteiger partial charge >= 0.3 is 5.97 Å². The number of carboxylic acids is 1. The zero-order chi connectivity index (χ0) is 21.0. The van der Waals surface area contributed by atoms with Gasteiger partial charge in [0.15, 0.2) is 11.6 Å². The first-order chi connectivity index (χ1) is 13.8. The maximum atomic E-state index is 13.4. The number of benzene rings is 1. The number of thiocarbonyl (C=S) groups is 1. The molecule has 0 saturated carbocycles. The first kappa shape index (κ1) is 21.6. The fourth-order valence-corrected chi connectivity index (χ4v) is 4.86. The molecule has 0 atom stereocenters. The molecule has 1 aromatic carbocycles.